The van der Waals surface area contributed by atoms with Crippen LogP contribution in [0, 0.1) is 17.8 Å². The molecule has 3 heteroatoms. The summed E-state index contributed by atoms with van der Waals surface area (Å²) in [6.07, 6.45) is 7.95. The van der Waals surface area contributed by atoms with Gasteiger partial charge in [-0.2, -0.15) is 0 Å². The van der Waals surface area contributed by atoms with Gasteiger partial charge in [-0.1, -0.05) is 11.1 Å². The van der Waals surface area contributed by atoms with Crippen LogP contribution in [0.3, 0.4) is 0 Å². The molecule has 3 nitrogen and oxygen atoms in total. The molecule has 1 fully saturated rings. The lowest BCUT2D eigenvalue weighted by molar-refractivity contribution is 0.00484. The maximum absolute atomic E-state index is 9.09. The summed E-state index contributed by atoms with van der Waals surface area (Å²) in [6.45, 7) is 0.186. The van der Waals surface area contributed by atoms with Gasteiger partial charge in [0.15, 0.2) is 0 Å². The summed E-state index contributed by atoms with van der Waals surface area (Å²) in [5.41, 5.74) is 0.641. The van der Waals surface area contributed by atoms with E-state index in [0.717, 1.165) is 12.8 Å². The normalized spacial score (nSPS) is 30.3. The van der Waals surface area contributed by atoms with Crippen LogP contribution in [0.4, 0.5) is 0 Å². The molecule has 1 atom stereocenters. The third-order valence-corrected chi connectivity index (χ3v) is 2.73. The second-order valence-corrected chi connectivity index (χ2v) is 3.50. The number of rotatable bonds is 2. The van der Waals surface area contributed by atoms with E-state index in [1.165, 1.54) is 0 Å². The van der Waals surface area contributed by atoms with Crippen LogP contribution in [-0.4, -0.2) is 23.5 Å². The van der Waals surface area contributed by atoms with Crippen molar-refractivity contribution >= 4 is 5.71 Å². The second-order valence-electron chi connectivity index (χ2n) is 3.50. The lowest BCUT2D eigenvalue weighted by Crippen LogP contribution is -2.25. The van der Waals surface area contributed by atoms with Gasteiger partial charge in [0.25, 0.3) is 0 Å². The molecule has 0 radical (unpaired) electrons. The van der Waals surface area contributed by atoms with Gasteiger partial charge in [0.05, 0.1) is 6.61 Å². The lowest BCUT2D eigenvalue weighted by atomic mass is 9.96. The Kier molecular flexibility index (Phi) is 1.59. The fourth-order valence-corrected chi connectivity index (χ4v) is 1.53. The van der Waals surface area contributed by atoms with Crippen LogP contribution in [0.1, 0.15) is 19.3 Å². The Morgan fingerprint density at radius 2 is 2.50 bits per heavy atom. The van der Waals surface area contributed by atoms with Crippen LogP contribution in [0.5, 0.6) is 0 Å². The Bertz CT molecular complexity index is 260. The standard InChI is InChI=1S/C9H11NO2/c1-2-7-5-8(12-10-7)9(6-11)3-4-9/h1,8,11H,3-6H2/t8-/m0/s1. The topological polar surface area (TPSA) is 41.8 Å². The molecule has 2 rings (SSSR count). The van der Waals surface area contributed by atoms with E-state index in [0.29, 0.717) is 12.1 Å². The summed E-state index contributed by atoms with van der Waals surface area (Å²) in [7, 11) is 0. The fraction of sp³-hybridized carbons (Fsp3) is 0.667. The number of nitrogens with zero attached hydrogens (tertiary/aromatic N) is 1. The average molecular weight is 165 g/mol. The van der Waals surface area contributed by atoms with Gasteiger partial charge in [-0.15, -0.1) is 6.42 Å². The number of aliphatic hydroxyl groups excluding tert-OH is 1. The second kappa shape index (κ2) is 2.49. The van der Waals surface area contributed by atoms with E-state index in [2.05, 4.69) is 11.1 Å². The van der Waals surface area contributed by atoms with Crippen molar-refractivity contribution in [3.8, 4) is 12.3 Å². The average Bonchev–Trinajstić information content (AvgIpc) is 2.77. The summed E-state index contributed by atoms with van der Waals surface area (Å²) in [6, 6.07) is 0. The molecule has 0 aromatic heterocycles. The van der Waals surface area contributed by atoms with Crippen LogP contribution in [0.2, 0.25) is 0 Å². The number of oxime groups is 1. The number of aliphatic hydroxyl groups is 1. The molecule has 0 unspecified atom stereocenters. The van der Waals surface area contributed by atoms with Crippen molar-refractivity contribution in [2.75, 3.05) is 6.61 Å². The van der Waals surface area contributed by atoms with E-state index < -0.39 is 0 Å². The van der Waals surface area contributed by atoms with Crippen LogP contribution < -0.4 is 0 Å². The number of terminal acetylenes is 1. The quantitative estimate of drug-likeness (QED) is 0.607. The van der Waals surface area contributed by atoms with Gasteiger partial charge in [-0.3, -0.25) is 0 Å². The summed E-state index contributed by atoms with van der Waals surface area (Å²) >= 11 is 0. The Balaban J connectivity index is 2.00. The molecule has 0 spiro atoms. The Morgan fingerprint density at radius 3 is 2.92 bits per heavy atom. The van der Waals surface area contributed by atoms with Crippen molar-refractivity contribution in [3.05, 3.63) is 0 Å². The van der Waals surface area contributed by atoms with E-state index in [4.69, 9.17) is 16.4 Å². The first-order valence-corrected chi connectivity index (χ1v) is 4.11. The number of hydrogen-bond donors (Lipinski definition) is 1. The molecule has 2 aliphatic rings. The monoisotopic (exact) mass is 165 g/mol. The Labute approximate surface area is 71.4 Å². The molecule has 0 amide bonds. The minimum Gasteiger partial charge on any atom is -0.396 e. The highest BCUT2D eigenvalue weighted by Crippen LogP contribution is 2.51. The zero-order valence-electron chi connectivity index (χ0n) is 6.79. The predicted molar refractivity (Wildman–Crippen MR) is 44.5 cm³/mol. The molecule has 12 heavy (non-hydrogen) atoms. The Hall–Kier alpha value is -1.01. The van der Waals surface area contributed by atoms with Crippen molar-refractivity contribution < 1.29 is 9.94 Å². The Morgan fingerprint density at radius 1 is 1.75 bits per heavy atom. The highest BCUT2D eigenvalue weighted by molar-refractivity contribution is 6.00. The third-order valence-electron chi connectivity index (χ3n) is 2.73. The van der Waals surface area contributed by atoms with E-state index in [1.807, 2.05) is 0 Å². The van der Waals surface area contributed by atoms with Gasteiger partial charge in [-0.25, -0.2) is 0 Å². The summed E-state index contributed by atoms with van der Waals surface area (Å²) < 4.78 is 0. The van der Waals surface area contributed by atoms with E-state index in [-0.39, 0.29) is 18.1 Å². The first kappa shape index (κ1) is 7.63. The first-order valence-electron chi connectivity index (χ1n) is 4.11. The van der Waals surface area contributed by atoms with E-state index in [9.17, 15) is 0 Å². The van der Waals surface area contributed by atoms with Crippen LogP contribution >= 0.6 is 0 Å². The van der Waals surface area contributed by atoms with Crippen molar-refractivity contribution in [1.29, 1.82) is 0 Å². The summed E-state index contributed by atoms with van der Waals surface area (Å²) in [4.78, 5) is 5.16. The van der Waals surface area contributed by atoms with Crippen LogP contribution in [0.15, 0.2) is 5.16 Å². The molecule has 0 bridgehead atoms. The molecule has 0 aromatic rings. The fourth-order valence-electron chi connectivity index (χ4n) is 1.53. The SMILES string of the molecule is C#CC1=NO[C@H](C2(CO)CC2)C1. The molecule has 1 heterocycles. The molecular weight excluding hydrogens is 154 g/mol. The molecular formula is C9H11NO2. The molecule has 0 saturated heterocycles. The smallest absolute Gasteiger partial charge is 0.141 e. The van der Waals surface area contributed by atoms with Crippen LogP contribution in [-0.2, 0) is 4.84 Å². The third kappa shape index (κ3) is 0.997. The van der Waals surface area contributed by atoms with Crippen LogP contribution in [0.25, 0.3) is 0 Å². The van der Waals surface area contributed by atoms with E-state index >= 15 is 0 Å². The number of hydrogen-bond acceptors (Lipinski definition) is 3. The lowest BCUT2D eigenvalue weighted by Gasteiger charge is -2.17. The van der Waals surface area contributed by atoms with E-state index in [1.54, 1.807) is 0 Å². The highest BCUT2D eigenvalue weighted by Gasteiger charge is 2.52. The largest absolute Gasteiger partial charge is 0.396 e. The zero-order valence-corrected chi connectivity index (χ0v) is 6.79. The molecule has 1 N–H and O–H groups in total. The summed E-state index contributed by atoms with van der Waals surface area (Å²) in [5.74, 6) is 2.46. The van der Waals surface area contributed by atoms with Crippen molar-refractivity contribution in [1.82, 2.24) is 0 Å². The molecule has 1 aliphatic carbocycles. The van der Waals surface area contributed by atoms with Crippen molar-refractivity contribution in [3.63, 3.8) is 0 Å². The van der Waals surface area contributed by atoms with Crippen molar-refractivity contribution in [2.45, 2.75) is 25.4 Å². The van der Waals surface area contributed by atoms with Gasteiger partial charge < -0.3 is 9.94 Å². The molecule has 64 valence electrons. The minimum absolute atomic E-state index is 0.0218. The van der Waals surface area contributed by atoms with Crippen molar-refractivity contribution in [2.24, 2.45) is 10.6 Å². The first-order chi connectivity index (χ1) is 5.80. The minimum atomic E-state index is -0.0257. The van der Waals surface area contributed by atoms with Gasteiger partial charge >= 0.3 is 0 Å². The van der Waals surface area contributed by atoms with Gasteiger partial charge in [0, 0.05) is 11.8 Å². The highest BCUT2D eigenvalue weighted by atomic mass is 16.6. The summed E-state index contributed by atoms with van der Waals surface area (Å²) in [5, 5.41) is 12.9. The zero-order chi connectivity index (χ0) is 8.60. The maximum Gasteiger partial charge on any atom is 0.141 e. The molecule has 0 aromatic carbocycles. The molecule has 1 saturated carbocycles. The molecule has 1 aliphatic heterocycles. The predicted octanol–water partition coefficient (Wildman–Crippen LogP) is 0.537. The van der Waals surface area contributed by atoms with Gasteiger partial charge in [0.1, 0.15) is 11.8 Å². The van der Waals surface area contributed by atoms with Gasteiger partial charge in [0.2, 0.25) is 0 Å². The maximum atomic E-state index is 9.09. The van der Waals surface area contributed by atoms with Gasteiger partial charge in [-0.05, 0) is 12.8 Å².